The Morgan fingerprint density at radius 2 is 2.05 bits per heavy atom. The van der Waals surface area contributed by atoms with Gasteiger partial charge in [-0.3, -0.25) is 0 Å². The fourth-order valence-corrected chi connectivity index (χ4v) is 3.37. The van der Waals surface area contributed by atoms with Crippen LogP contribution in [0.3, 0.4) is 0 Å². The summed E-state index contributed by atoms with van der Waals surface area (Å²) in [6.07, 6.45) is 5.89. The van der Waals surface area contributed by atoms with Gasteiger partial charge in [-0.1, -0.05) is 38.5 Å². The number of nitrogens with zero attached hydrogens (tertiary/aromatic N) is 1. The van der Waals surface area contributed by atoms with Crippen LogP contribution in [0.25, 0.3) is 0 Å². The largest absolute Gasteiger partial charge is 0.378 e. The third-order valence-electron chi connectivity index (χ3n) is 4.74. The van der Waals surface area contributed by atoms with Crippen LogP contribution in [0.5, 0.6) is 0 Å². The minimum atomic E-state index is 0.0510. The van der Waals surface area contributed by atoms with Gasteiger partial charge in [0.15, 0.2) is 0 Å². The van der Waals surface area contributed by atoms with Crippen LogP contribution in [-0.2, 0) is 4.74 Å². The van der Waals surface area contributed by atoms with Crippen molar-refractivity contribution < 1.29 is 4.74 Å². The second-order valence-corrected chi connectivity index (χ2v) is 6.12. The molecule has 1 aromatic rings. The third-order valence-corrected chi connectivity index (χ3v) is 4.74. The molecular weight excluding hydrogens is 260 g/mol. The maximum Gasteiger partial charge on any atom is 0.0595 e. The Labute approximate surface area is 129 Å². The van der Waals surface area contributed by atoms with Crippen molar-refractivity contribution in [2.45, 2.75) is 57.6 Å². The lowest BCUT2D eigenvalue weighted by Crippen LogP contribution is -2.59. The Morgan fingerprint density at radius 1 is 1.29 bits per heavy atom. The summed E-state index contributed by atoms with van der Waals surface area (Å²) in [5.41, 5.74) is 7.62. The molecule has 0 radical (unpaired) electrons. The fraction of sp³-hybridized carbons (Fsp3) is 0.667. The molecule has 1 fully saturated rings. The normalized spacial score (nSPS) is 25.8. The summed E-state index contributed by atoms with van der Waals surface area (Å²) in [4.78, 5) is 2.56. The highest BCUT2D eigenvalue weighted by Gasteiger charge is 2.40. The number of anilines is 1. The number of para-hydroxylation sites is 1. The molecule has 1 aromatic carbocycles. The molecule has 2 unspecified atom stereocenters. The molecule has 0 spiro atoms. The Morgan fingerprint density at radius 3 is 2.67 bits per heavy atom. The number of unbranched alkanes of at least 4 members (excludes halogenated alkanes) is 1. The van der Waals surface area contributed by atoms with Gasteiger partial charge < -0.3 is 15.4 Å². The van der Waals surface area contributed by atoms with E-state index in [4.69, 9.17) is 10.5 Å². The first-order chi connectivity index (χ1) is 10.3. The van der Waals surface area contributed by atoms with Crippen molar-refractivity contribution in [1.82, 2.24) is 0 Å². The van der Waals surface area contributed by atoms with Gasteiger partial charge in [-0.05, 0) is 37.8 Å². The van der Waals surface area contributed by atoms with Gasteiger partial charge in [-0.25, -0.2) is 0 Å². The fourth-order valence-electron chi connectivity index (χ4n) is 3.37. The van der Waals surface area contributed by atoms with E-state index in [0.29, 0.717) is 12.6 Å². The number of ether oxygens (including phenoxy) is 1. The van der Waals surface area contributed by atoms with Crippen molar-refractivity contribution >= 4 is 5.69 Å². The lowest BCUT2D eigenvalue weighted by atomic mass is 9.83. The van der Waals surface area contributed by atoms with E-state index in [2.05, 4.69) is 49.1 Å². The Bertz CT molecular complexity index is 409. The summed E-state index contributed by atoms with van der Waals surface area (Å²) in [5.74, 6) is 0. The van der Waals surface area contributed by atoms with E-state index >= 15 is 0 Å². The number of rotatable bonds is 7. The first-order valence-electron chi connectivity index (χ1n) is 8.40. The van der Waals surface area contributed by atoms with Crippen LogP contribution in [0.15, 0.2) is 30.3 Å². The summed E-state index contributed by atoms with van der Waals surface area (Å²) < 4.78 is 5.89. The summed E-state index contributed by atoms with van der Waals surface area (Å²) in [6.45, 7) is 7.05. The van der Waals surface area contributed by atoms with Crippen LogP contribution in [-0.4, -0.2) is 31.3 Å². The van der Waals surface area contributed by atoms with E-state index in [-0.39, 0.29) is 5.54 Å². The first-order valence-corrected chi connectivity index (χ1v) is 8.40. The van der Waals surface area contributed by atoms with Crippen LogP contribution < -0.4 is 10.6 Å². The Hall–Kier alpha value is -1.06. The minimum absolute atomic E-state index is 0.0510. The highest BCUT2D eigenvalue weighted by atomic mass is 16.5. The second kappa shape index (κ2) is 7.81. The monoisotopic (exact) mass is 290 g/mol. The van der Waals surface area contributed by atoms with Gasteiger partial charge in [0.1, 0.15) is 0 Å². The molecule has 0 aromatic heterocycles. The summed E-state index contributed by atoms with van der Waals surface area (Å²) in [6, 6.07) is 10.7. The van der Waals surface area contributed by atoms with Crippen LogP contribution in [0, 0.1) is 0 Å². The topological polar surface area (TPSA) is 38.5 Å². The van der Waals surface area contributed by atoms with Crippen molar-refractivity contribution in [3.63, 3.8) is 0 Å². The highest BCUT2D eigenvalue weighted by molar-refractivity contribution is 5.49. The van der Waals surface area contributed by atoms with Gasteiger partial charge in [-0.2, -0.15) is 0 Å². The van der Waals surface area contributed by atoms with Gasteiger partial charge in [0, 0.05) is 25.4 Å². The molecule has 21 heavy (non-hydrogen) atoms. The lowest BCUT2D eigenvalue weighted by molar-refractivity contribution is -0.0200. The molecule has 2 atom stereocenters. The molecule has 1 aliphatic rings. The van der Waals surface area contributed by atoms with E-state index < -0.39 is 0 Å². The summed E-state index contributed by atoms with van der Waals surface area (Å²) >= 11 is 0. The maximum absolute atomic E-state index is 6.27. The van der Waals surface area contributed by atoms with Gasteiger partial charge in [-0.15, -0.1) is 0 Å². The zero-order chi connectivity index (χ0) is 15.1. The summed E-state index contributed by atoms with van der Waals surface area (Å²) in [5, 5.41) is 0. The molecule has 1 saturated heterocycles. The number of nitrogens with two attached hydrogens (primary N) is 1. The molecule has 0 saturated carbocycles. The average Bonchev–Trinajstić information content (AvgIpc) is 2.56. The van der Waals surface area contributed by atoms with E-state index in [1.807, 2.05) is 0 Å². The second-order valence-electron chi connectivity index (χ2n) is 6.12. The number of hydrogen-bond acceptors (Lipinski definition) is 3. The molecule has 1 heterocycles. The molecule has 118 valence electrons. The molecule has 0 aliphatic carbocycles. The molecule has 3 heteroatoms. The van der Waals surface area contributed by atoms with Crippen molar-refractivity contribution in [1.29, 1.82) is 0 Å². The average molecular weight is 290 g/mol. The lowest BCUT2D eigenvalue weighted by Gasteiger charge is -2.49. The van der Waals surface area contributed by atoms with Gasteiger partial charge in [0.25, 0.3) is 0 Å². The molecule has 2 N–H and O–H groups in total. The predicted molar refractivity (Wildman–Crippen MR) is 89.7 cm³/mol. The predicted octanol–water partition coefficient (Wildman–Crippen LogP) is 3.58. The van der Waals surface area contributed by atoms with Crippen molar-refractivity contribution in [3.05, 3.63) is 30.3 Å². The smallest absolute Gasteiger partial charge is 0.0595 e. The standard InChI is InChI=1S/C18H30N2O/c1-3-5-12-20(16-9-7-6-8-10-16)18(15-19)11-13-21-17(4-2)14-18/h6-10,17H,3-5,11-15,19H2,1-2H3. The summed E-state index contributed by atoms with van der Waals surface area (Å²) in [7, 11) is 0. The minimum Gasteiger partial charge on any atom is -0.378 e. The maximum atomic E-state index is 6.27. The van der Waals surface area contributed by atoms with Crippen LogP contribution in [0.4, 0.5) is 5.69 Å². The highest BCUT2D eigenvalue weighted by Crippen LogP contribution is 2.35. The zero-order valence-electron chi connectivity index (χ0n) is 13.6. The van der Waals surface area contributed by atoms with E-state index in [1.54, 1.807) is 0 Å². The van der Waals surface area contributed by atoms with E-state index in [1.165, 1.54) is 18.5 Å². The third kappa shape index (κ3) is 3.78. The SMILES string of the molecule is CCCCN(c1ccccc1)C1(CN)CCOC(CC)C1. The number of benzene rings is 1. The molecule has 0 amide bonds. The first kappa shape index (κ1) is 16.3. The van der Waals surface area contributed by atoms with Crippen LogP contribution in [0.1, 0.15) is 46.0 Å². The van der Waals surface area contributed by atoms with E-state index in [0.717, 1.165) is 32.4 Å². The molecule has 2 rings (SSSR count). The number of hydrogen-bond donors (Lipinski definition) is 1. The quantitative estimate of drug-likeness (QED) is 0.834. The molecular formula is C18H30N2O. The van der Waals surface area contributed by atoms with Crippen molar-refractivity contribution in [2.24, 2.45) is 5.73 Å². The molecule has 1 aliphatic heterocycles. The van der Waals surface area contributed by atoms with Gasteiger partial charge in [0.2, 0.25) is 0 Å². The van der Waals surface area contributed by atoms with Crippen molar-refractivity contribution in [2.75, 3.05) is 24.6 Å². The van der Waals surface area contributed by atoms with Gasteiger partial charge in [0.05, 0.1) is 11.6 Å². The van der Waals surface area contributed by atoms with Crippen molar-refractivity contribution in [3.8, 4) is 0 Å². The van der Waals surface area contributed by atoms with Crippen LogP contribution >= 0.6 is 0 Å². The zero-order valence-corrected chi connectivity index (χ0v) is 13.6. The Balaban J connectivity index is 2.27. The van der Waals surface area contributed by atoms with Crippen LogP contribution in [0.2, 0.25) is 0 Å². The van der Waals surface area contributed by atoms with Gasteiger partial charge >= 0.3 is 0 Å². The Kier molecular flexibility index (Phi) is 6.07. The van der Waals surface area contributed by atoms with E-state index in [9.17, 15) is 0 Å². The molecule has 0 bridgehead atoms. The molecule has 3 nitrogen and oxygen atoms in total.